The third-order valence-electron chi connectivity index (χ3n) is 2.83. The van der Waals surface area contributed by atoms with E-state index >= 15 is 0 Å². The lowest BCUT2D eigenvalue weighted by atomic mass is 10.1. The summed E-state index contributed by atoms with van der Waals surface area (Å²) in [7, 11) is 1.81. The molecule has 1 unspecified atom stereocenters. The molecule has 84 valence electrons. The number of fused-ring (bicyclic) bond motifs is 1. The van der Waals surface area contributed by atoms with Gasteiger partial charge in [0.25, 0.3) is 11.8 Å². The summed E-state index contributed by atoms with van der Waals surface area (Å²) in [5.41, 5.74) is 1.02. The highest BCUT2D eigenvalue weighted by Crippen LogP contribution is 2.22. The fraction of sp³-hybridized carbons (Fsp3) is 0.333. The minimum atomic E-state index is -0.192. The second-order valence-corrected chi connectivity index (χ2v) is 3.96. The number of nitrogens with zero attached hydrogens (tertiary/aromatic N) is 1. The number of amides is 2. The number of benzene rings is 1. The number of nitrogens with one attached hydrogen (secondary N) is 1. The van der Waals surface area contributed by atoms with Crippen molar-refractivity contribution in [1.29, 1.82) is 0 Å². The summed E-state index contributed by atoms with van der Waals surface area (Å²) in [6.45, 7) is 2.34. The van der Waals surface area contributed by atoms with Gasteiger partial charge in [0.1, 0.15) is 0 Å². The van der Waals surface area contributed by atoms with Crippen LogP contribution in [0.15, 0.2) is 24.3 Å². The van der Waals surface area contributed by atoms with Crippen molar-refractivity contribution in [2.24, 2.45) is 0 Å². The van der Waals surface area contributed by atoms with E-state index in [4.69, 9.17) is 0 Å². The van der Waals surface area contributed by atoms with Crippen molar-refractivity contribution in [3.05, 3.63) is 35.4 Å². The summed E-state index contributed by atoms with van der Waals surface area (Å²) in [5, 5.41) is 3.01. The molecule has 0 saturated heterocycles. The second kappa shape index (κ2) is 4.06. The third-order valence-corrected chi connectivity index (χ3v) is 2.83. The van der Waals surface area contributed by atoms with Gasteiger partial charge in [-0.05, 0) is 26.1 Å². The third kappa shape index (κ3) is 1.61. The van der Waals surface area contributed by atoms with E-state index in [0.717, 1.165) is 0 Å². The van der Waals surface area contributed by atoms with Crippen LogP contribution in [0.1, 0.15) is 27.6 Å². The summed E-state index contributed by atoms with van der Waals surface area (Å²) in [5.74, 6) is -0.384. The van der Waals surface area contributed by atoms with Crippen LogP contribution in [-0.4, -0.2) is 36.3 Å². The van der Waals surface area contributed by atoms with E-state index < -0.39 is 0 Å². The Hall–Kier alpha value is -1.68. The number of imide groups is 1. The van der Waals surface area contributed by atoms with E-state index in [-0.39, 0.29) is 17.9 Å². The average molecular weight is 218 g/mol. The first-order valence-electron chi connectivity index (χ1n) is 5.27. The van der Waals surface area contributed by atoms with Crippen molar-refractivity contribution in [3.63, 3.8) is 0 Å². The minimum Gasteiger partial charge on any atom is -0.315 e. The number of rotatable bonds is 3. The standard InChI is InChI=1S/C12H14N2O2/c1-8(13-2)7-14-11(15)9-5-3-4-6-10(9)12(14)16/h3-6,8,13H,7H2,1-2H3. The maximum absolute atomic E-state index is 11.9. The molecule has 16 heavy (non-hydrogen) atoms. The van der Waals surface area contributed by atoms with Crippen molar-refractivity contribution in [2.75, 3.05) is 13.6 Å². The smallest absolute Gasteiger partial charge is 0.261 e. The van der Waals surface area contributed by atoms with Gasteiger partial charge in [0.15, 0.2) is 0 Å². The molecule has 1 aromatic rings. The molecule has 1 aliphatic rings. The lowest BCUT2D eigenvalue weighted by Gasteiger charge is -2.18. The molecule has 0 spiro atoms. The van der Waals surface area contributed by atoms with Gasteiger partial charge in [-0.15, -0.1) is 0 Å². The van der Waals surface area contributed by atoms with E-state index in [1.807, 2.05) is 14.0 Å². The number of carbonyl (C=O) groups is 2. The molecule has 1 atom stereocenters. The Morgan fingerprint density at radius 2 is 1.69 bits per heavy atom. The quantitative estimate of drug-likeness (QED) is 0.766. The molecule has 2 rings (SSSR count). The summed E-state index contributed by atoms with van der Waals surface area (Å²) in [6, 6.07) is 7.03. The Morgan fingerprint density at radius 1 is 1.19 bits per heavy atom. The number of hydrogen-bond donors (Lipinski definition) is 1. The number of hydrogen-bond acceptors (Lipinski definition) is 3. The Labute approximate surface area is 94.2 Å². The van der Waals surface area contributed by atoms with Gasteiger partial charge in [-0.3, -0.25) is 14.5 Å². The molecule has 1 heterocycles. The SMILES string of the molecule is CNC(C)CN1C(=O)c2ccccc2C1=O. The molecule has 0 aliphatic carbocycles. The van der Waals surface area contributed by atoms with E-state index in [2.05, 4.69) is 5.32 Å². The predicted molar refractivity (Wildman–Crippen MR) is 60.3 cm³/mol. The van der Waals surface area contributed by atoms with E-state index in [1.54, 1.807) is 24.3 Å². The zero-order valence-electron chi connectivity index (χ0n) is 9.36. The second-order valence-electron chi connectivity index (χ2n) is 3.96. The van der Waals surface area contributed by atoms with Crippen molar-refractivity contribution in [2.45, 2.75) is 13.0 Å². The summed E-state index contributed by atoms with van der Waals surface area (Å²) in [4.78, 5) is 25.2. The number of likely N-dealkylation sites (N-methyl/N-ethyl adjacent to an activating group) is 1. The first-order valence-corrected chi connectivity index (χ1v) is 5.27. The van der Waals surface area contributed by atoms with Crippen LogP contribution in [0.5, 0.6) is 0 Å². The normalized spacial score (nSPS) is 16.5. The topological polar surface area (TPSA) is 49.4 Å². The average Bonchev–Trinajstić information content (AvgIpc) is 2.55. The molecule has 4 heteroatoms. The van der Waals surface area contributed by atoms with E-state index in [0.29, 0.717) is 17.7 Å². The molecular formula is C12H14N2O2. The van der Waals surface area contributed by atoms with Crippen molar-refractivity contribution in [3.8, 4) is 0 Å². The van der Waals surface area contributed by atoms with Gasteiger partial charge in [0.05, 0.1) is 11.1 Å². The van der Waals surface area contributed by atoms with Gasteiger partial charge in [-0.25, -0.2) is 0 Å². The predicted octanol–water partition coefficient (Wildman–Crippen LogP) is 0.890. The fourth-order valence-corrected chi connectivity index (χ4v) is 1.77. The minimum absolute atomic E-state index is 0.0993. The van der Waals surface area contributed by atoms with Crippen LogP contribution in [-0.2, 0) is 0 Å². The van der Waals surface area contributed by atoms with Gasteiger partial charge in [0, 0.05) is 12.6 Å². The van der Waals surface area contributed by atoms with E-state index in [9.17, 15) is 9.59 Å². The number of carbonyl (C=O) groups excluding carboxylic acids is 2. The van der Waals surface area contributed by atoms with Crippen molar-refractivity contribution >= 4 is 11.8 Å². The lowest BCUT2D eigenvalue weighted by molar-refractivity contribution is 0.0642. The Kier molecular flexibility index (Phi) is 2.75. The molecule has 0 fully saturated rings. The molecule has 1 aliphatic heterocycles. The highest BCUT2D eigenvalue weighted by molar-refractivity contribution is 6.21. The maximum Gasteiger partial charge on any atom is 0.261 e. The summed E-state index contributed by atoms with van der Waals surface area (Å²) in [6.07, 6.45) is 0. The summed E-state index contributed by atoms with van der Waals surface area (Å²) >= 11 is 0. The molecule has 2 amide bonds. The molecule has 0 radical (unpaired) electrons. The Bertz CT molecular complexity index is 407. The zero-order valence-corrected chi connectivity index (χ0v) is 9.36. The van der Waals surface area contributed by atoms with Crippen LogP contribution in [0.25, 0.3) is 0 Å². The Morgan fingerprint density at radius 3 is 2.12 bits per heavy atom. The van der Waals surface area contributed by atoms with Crippen molar-refractivity contribution < 1.29 is 9.59 Å². The summed E-state index contributed by atoms with van der Waals surface area (Å²) < 4.78 is 0. The highest BCUT2D eigenvalue weighted by Gasteiger charge is 2.35. The van der Waals surface area contributed by atoms with E-state index in [1.165, 1.54) is 4.90 Å². The maximum atomic E-state index is 11.9. The molecule has 0 bridgehead atoms. The van der Waals surface area contributed by atoms with Crippen LogP contribution in [0.3, 0.4) is 0 Å². The lowest BCUT2D eigenvalue weighted by Crippen LogP contribution is -2.40. The van der Waals surface area contributed by atoms with Crippen molar-refractivity contribution in [1.82, 2.24) is 10.2 Å². The Balaban J connectivity index is 2.28. The molecule has 1 aromatic carbocycles. The van der Waals surface area contributed by atoms with Gasteiger partial charge in [-0.1, -0.05) is 12.1 Å². The van der Waals surface area contributed by atoms with Crippen LogP contribution in [0, 0.1) is 0 Å². The van der Waals surface area contributed by atoms with Crippen LogP contribution >= 0.6 is 0 Å². The molecule has 0 saturated carbocycles. The zero-order chi connectivity index (χ0) is 11.7. The van der Waals surface area contributed by atoms with Gasteiger partial charge in [0.2, 0.25) is 0 Å². The van der Waals surface area contributed by atoms with Gasteiger partial charge in [-0.2, -0.15) is 0 Å². The first kappa shape index (κ1) is 10.8. The van der Waals surface area contributed by atoms with Crippen LogP contribution in [0.2, 0.25) is 0 Å². The molecule has 1 N–H and O–H groups in total. The van der Waals surface area contributed by atoms with Gasteiger partial charge >= 0.3 is 0 Å². The first-order chi connectivity index (χ1) is 7.65. The highest BCUT2D eigenvalue weighted by atomic mass is 16.2. The molecular weight excluding hydrogens is 204 g/mol. The van der Waals surface area contributed by atoms with Crippen LogP contribution < -0.4 is 5.32 Å². The fourth-order valence-electron chi connectivity index (χ4n) is 1.77. The largest absolute Gasteiger partial charge is 0.315 e. The van der Waals surface area contributed by atoms with Crippen LogP contribution in [0.4, 0.5) is 0 Å². The monoisotopic (exact) mass is 218 g/mol. The van der Waals surface area contributed by atoms with Gasteiger partial charge < -0.3 is 5.32 Å². The molecule has 0 aromatic heterocycles. The molecule has 4 nitrogen and oxygen atoms in total.